The summed E-state index contributed by atoms with van der Waals surface area (Å²) in [5.74, 6) is -0.488. The number of hydrogen-bond donors (Lipinski definition) is 1. The van der Waals surface area contributed by atoms with Crippen LogP contribution in [0.5, 0.6) is 5.75 Å². The Morgan fingerprint density at radius 2 is 1.87 bits per heavy atom. The Kier molecular flexibility index (Phi) is 7.87. The standard InChI is InChI=1S/C24H33NO6/c1-8-10-16-13-19(26)30-21-15(4)18(12-11-17(16)21)29-22(27)20(14(3)9-2)25-23(28)31-24(5,6)7/h11-14,20H,8-10H2,1-7H3,(H,25,28)/t14-,20+/m0/s1. The molecule has 7 nitrogen and oxygen atoms in total. The van der Waals surface area contributed by atoms with Crippen LogP contribution in [0.25, 0.3) is 11.0 Å². The van der Waals surface area contributed by atoms with Gasteiger partial charge in [0.05, 0.1) is 0 Å². The zero-order chi connectivity index (χ0) is 23.3. The van der Waals surface area contributed by atoms with Gasteiger partial charge in [0, 0.05) is 17.0 Å². The van der Waals surface area contributed by atoms with Crippen LogP contribution in [-0.2, 0) is 16.0 Å². The number of fused-ring (bicyclic) bond motifs is 1. The van der Waals surface area contributed by atoms with E-state index in [4.69, 9.17) is 13.9 Å². The highest BCUT2D eigenvalue weighted by Crippen LogP contribution is 2.29. The summed E-state index contributed by atoms with van der Waals surface area (Å²) in [6, 6.07) is 4.10. The number of aryl methyl sites for hydroxylation is 2. The molecule has 0 unspecified atom stereocenters. The molecule has 0 aliphatic heterocycles. The number of carbonyl (C=O) groups excluding carboxylic acids is 2. The highest BCUT2D eigenvalue weighted by molar-refractivity contribution is 5.88. The van der Waals surface area contributed by atoms with E-state index in [1.807, 2.05) is 20.8 Å². The van der Waals surface area contributed by atoms with Crippen LogP contribution in [0.15, 0.2) is 27.4 Å². The first-order valence-electron chi connectivity index (χ1n) is 10.7. The fourth-order valence-corrected chi connectivity index (χ4v) is 3.27. The second-order valence-corrected chi connectivity index (χ2v) is 8.84. The van der Waals surface area contributed by atoms with Gasteiger partial charge in [-0.15, -0.1) is 0 Å². The third kappa shape index (κ3) is 6.32. The van der Waals surface area contributed by atoms with E-state index in [0.29, 0.717) is 17.6 Å². The molecule has 1 aromatic heterocycles. The quantitative estimate of drug-likeness (QED) is 0.381. The normalized spacial score (nSPS) is 13.5. The summed E-state index contributed by atoms with van der Waals surface area (Å²) in [7, 11) is 0. The van der Waals surface area contributed by atoms with E-state index in [0.717, 1.165) is 23.8 Å². The summed E-state index contributed by atoms with van der Waals surface area (Å²) >= 11 is 0. The molecule has 1 N–H and O–H groups in total. The van der Waals surface area contributed by atoms with Crippen LogP contribution >= 0.6 is 0 Å². The number of esters is 1. The predicted octanol–water partition coefficient (Wildman–Crippen LogP) is 4.90. The molecule has 0 aliphatic carbocycles. The van der Waals surface area contributed by atoms with Gasteiger partial charge in [0.15, 0.2) is 0 Å². The van der Waals surface area contributed by atoms with Gasteiger partial charge in [-0.1, -0.05) is 33.6 Å². The van der Waals surface area contributed by atoms with Crippen LogP contribution in [0.2, 0.25) is 0 Å². The molecular weight excluding hydrogens is 398 g/mol. The molecule has 2 rings (SSSR count). The molecule has 0 saturated carbocycles. The van der Waals surface area contributed by atoms with Gasteiger partial charge in [-0.25, -0.2) is 14.4 Å². The van der Waals surface area contributed by atoms with Crippen LogP contribution in [0.1, 0.15) is 65.5 Å². The Hall–Kier alpha value is -2.83. The first-order chi connectivity index (χ1) is 14.5. The molecule has 2 atom stereocenters. The van der Waals surface area contributed by atoms with E-state index in [1.54, 1.807) is 39.8 Å². The minimum absolute atomic E-state index is 0.171. The number of nitrogens with one attached hydrogen (secondary N) is 1. The number of ether oxygens (including phenoxy) is 2. The van der Waals surface area contributed by atoms with Gasteiger partial charge in [-0.2, -0.15) is 0 Å². The van der Waals surface area contributed by atoms with Crippen molar-refractivity contribution in [1.29, 1.82) is 0 Å². The van der Waals surface area contributed by atoms with Crippen molar-refractivity contribution < 1.29 is 23.5 Å². The summed E-state index contributed by atoms with van der Waals surface area (Å²) in [6.45, 7) is 12.8. The molecule has 1 aromatic carbocycles. The van der Waals surface area contributed by atoms with Crippen LogP contribution in [-0.4, -0.2) is 23.7 Å². The van der Waals surface area contributed by atoms with Gasteiger partial charge in [-0.05, 0) is 57.7 Å². The SMILES string of the molecule is CCCc1cc(=O)oc2c(C)c(OC(=O)[C@H](NC(=O)OC(C)(C)C)[C@@H](C)CC)ccc12. The van der Waals surface area contributed by atoms with E-state index in [1.165, 1.54) is 6.07 Å². The number of hydrogen-bond acceptors (Lipinski definition) is 6. The van der Waals surface area contributed by atoms with E-state index in [-0.39, 0.29) is 11.7 Å². The van der Waals surface area contributed by atoms with Gasteiger partial charge >= 0.3 is 17.7 Å². The smallest absolute Gasteiger partial charge is 0.408 e. The van der Waals surface area contributed by atoms with Crippen molar-refractivity contribution in [1.82, 2.24) is 5.32 Å². The molecule has 31 heavy (non-hydrogen) atoms. The van der Waals surface area contributed by atoms with Crippen molar-refractivity contribution in [2.75, 3.05) is 0 Å². The first-order valence-corrected chi connectivity index (χ1v) is 10.7. The minimum Gasteiger partial charge on any atom is -0.444 e. The first kappa shape index (κ1) is 24.4. The highest BCUT2D eigenvalue weighted by atomic mass is 16.6. The molecule has 0 bridgehead atoms. The average molecular weight is 432 g/mol. The zero-order valence-corrected chi connectivity index (χ0v) is 19.5. The van der Waals surface area contributed by atoms with E-state index >= 15 is 0 Å². The van der Waals surface area contributed by atoms with Crippen LogP contribution in [0, 0.1) is 12.8 Å². The maximum Gasteiger partial charge on any atom is 0.408 e. The second kappa shape index (κ2) is 9.98. The summed E-state index contributed by atoms with van der Waals surface area (Å²) in [6.07, 6.45) is 1.61. The van der Waals surface area contributed by atoms with Gasteiger partial charge in [-0.3, -0.25) is 0 Å². The van der Waals surface area contributed by atoms with Crippen molar-refractivity contribution in [2.24, 2.45) is 5.92 Å². The van der Waals surface area contributed by atoms with Crippen LogP contribution in [0.3, 0.4) is 0 Å². The minimum atomic E-state index is -0.881. The summed E-state index contributed by atoms with van der Waals surface area (Å²) < 4.78 is 16.3. The molecule has 0 radical (unpaired) electrons. The summed E-state index contributed by atoms with van der Waals surface area (Å²) in [4.78, 5) is 37.2. The fourth-order valence-electron chi connectivity index (χ4n) is 3.27. The Balaban J connectivity index is 2.33. The third-order valence-corrected chi connectivity index (χ3v) is 5.07. The zero-order valence-electron chi connectivity index (χ0n) is 19.5. The van der Waals surface area contributed by atoms with E-state index < -0.39 is 29.3 Å². The number of rotatable bonds is 7. The van der Waals surface area contributed by atoms with Crippen molar-refractivity contribution in [3.05, 3.63) is 39.7 Å². The molecular formula is C24H33NO6. The summed E-state index contributed by atoms with van der Waals surface area (Å²) in [5.41, 5.74) is 0.740. The molecule has 0 saturated heterocycles. The van der Waals surface area contributed by atoms with Gasteiger partial charge in [0.1, 0.15) is 23.0 Å². The predicted molar refractivity (Wildman–Crippen MR) is 119 cm³/mol. The molecule has 7 heteroatoms. The molecule has 0 fully saturated rings. The van der Waals surface area contributed by atoms with Crippen molar-refractivity contribution >= 4 is 23.0 Å². The molecule has 170 valence electrons. The number of amides is 1. The van der Waals surface area contributed by atoms with Gasteiger partial charge in [0.25, 0.3) is 0 Å². The molecule has 2 aromatic rings. The maximum atomic E-state index is 13.0. The highest BCUT2D eigenvalue weighted by Gasteiger charge is 2.30. The molecule has 1 heterocycles. The Morgan fingerprint density at radius 1 is 1.19 bits per heavy atom. The lowest BCUT2D eigenvalue weighted by molar-refractivity contribution is -0.138. The monoisotopic (exact) mass is 431 g/mol. The maximum absolute atomic E-state index is 13.0. The molecule has 0 spiro atoms. The van der Waals surface area contributed by atoms with Gasteiger partial charge < -0.3 is 19.2 Å². The largest absolute Gasteiger partial charge is 0.444 e. The topological polar surface area (TPSA) is 94.8 Å². The van der Waals surface area contributed by atoms with E-state index in [2.05, 4.69) is 5.32 Å². The second-order valence-electron chi connectivity index (χ2n) is 8.84. The summed E-state index contributed by atoms with van der Waals surface area (Å²) in [5, 5.41) is 3.45. The van der Waals surface area contributed by atoms with Crippen molar-refractivity contribution in [2.45, 2.75) is 79.4 Å². The Morgan fingerprint density at radius 3 is 2.45 bits per heavy atom. The lowest BCUT2D eigenvalue weighted by Gasteiger charge is -2.25. The van der Waals surface area contributed by atoms with E-state index in [9.17, 15) is 14.4 Å². The average Bonchev–Trinajstić information content (AvgIpc) is 2.66. The third-order valence-electron chi connectivity index (χ3n) is 5.07. The number of carbonyl (C=O) groups is 2. The number of alkyl carbamates (subject to hydrolysis) is 1. The van der Waals surface area contributed by atoms with Gasteiger partial charge in [0.2, 0.25) is 0 Å². The lowest BCUT2D eigenvalue weighted by atomic mass is 9.99. The Bertz CT molecular complexity index is 1000. The lowest BCUT2D eigenvalue weighted by Crippen LogP contribution is -2.48. The number of benzene rings is 1. The van der Waals surface area contributed by atoms with Crippen LogP contribution in [0.4, 0.5) is 4.79 Å². The Labute approximate surface area is 183 Å². The van der Waals surface area contributed by atoms with Crippen molar-refractivity contribution in [3.8, 4) is 5.75 Å². The molecule has 1 amide bonds. The molecule has 0 aliphatic rings. The van der Waals surface area contributed by atoms with Crippen molar-refractivity contribution in [3.63, 3.8) is 0 Å². The fraction of sp³-hybridized carbons (Fsp3) is 0.542. The van der Waals surface area contributed by atoms with Crippen LogP contribution < -0.4 is 15.7 Å².